The Morgan fingerprint density at radius 2 is 1.67 bits per heavy atom. The van der Waals surface area contributed by atoms with Gasteiger partial charge in [0.05, 0.1) is 33.0 Å². The molecule has 134 valence electrons. The molecule has 0 spiro atoms. The van der Waals surface area contributed by atoms with Crippen molar-refractivity contribution in [2.45, 2.75) is 19.8 Å². The maximum absolute atomic E-state index is 12.0. The summed E-state index contributed by atoms with van der Waals surface area (Å²) >= 11 is 0. The fourth-order valence-electron chi connectivity index (χ4n) is 1.71. The molecule has 0 radical (unpaired) electrons. The lowest BCUT2D eigenvalue weighted by molar-refractivity contribution is -0.452. The maximum Gasteiger partial charge on any atom is 0.543 e. The monoisotopic (exact) mass is 344 g/mol. The highest BCUT2D eigenvalue weighted by Gasteiger charge is 2.23. The zero-order valence-corrected chi connectivity index (χ0v) is 14.0. The lowest BCUT2D eigenvalue weighted by Crippen LogP contribution is -2.13. The minimum atomic E-state index is -1.12. The molecule has 0 unspecified atom stereocenters. The Bertz CT molecular complexity index is 556. The highest BCUT2D eigenvalue weighted by molar-refractivity contribution is 5.93. The lowest BCUT2D eigenvalue weighted by Gasteiger charge is -2.14. The molecule has 0 fully saturated rings. The summed E-state index contributed by atoms with van der Waals surface area (Å²) in [4.78, 5) is 31.6. The number of methoxy groups -OCH3 is 3. The van der Waals surface area contributed by atoms with Crippen molar-refractivity contribution in [3.63, 3.8) is 0 Å². The molecule has 0 saturated carbocycles. The average molecular weight is 344 g/mol. The van der Waals surface area contributed by atoms with E-state index in [9.17, 15) is 9.59 Å². The van der Waals surface area contributed by atoms with Crippen molar-refractivity contribution in [1.29, 1.82) is 0 Å². The number of ether oxygens (including phenoxy) is 4. The third kappa shape index (κ3) is 5.20. The zero-order chi connectivity index (χ0) is 17.9. The van der Waals surface area contributed by atoms with Crippen LogP contribution in [0.3, 0.4) is 0 Å². The molecule has 0 aromatic heterocycles. The van der Waals surface area contributed by atoms with E-state index < -0.39 is 12.1 Å². The molecule has 24 heavy (non-hydrogen) atoms. The van der Waals surface area contributed by atoms with Gasteiger partial charge in [-0.15, -0.1) is 0 Å². The molecular weight excluding hydrogens is 324 g/mol. The smallest absolute Gasteiger partial charge is 0.493 e. The number of carbonyl (C=O) groups excluding carboxylic acids is 2. The Morgan fingerprint density at radius 1 is 0.958 bits per heavy atom. The van der Waals surface area contributed by atoms with Crippen LogP contribution in [0.4, 0.5) is 4.79 Å². The molecule has 0 aliphatic rings. The second-order valence-electron chi connectivity index (χ2n) is 4.36. The van der Waals surface area contributed by atoms with Gasteiger partial charge in [-0.05, 0) is 18.6 Å². The highest BCUT2D eigenvalue weighted by Crippen LogP contribution is 2.39. The predicted octanol–water partition coefficient (Wildman–Crippen LogP) is 2.67. The van der Waals surface area contributed by atoms with Gasteiger partial charge in [0.15, 0.2) is 11.5 Å². The Morgan fingerprint density at radius 3 is 2.25 bits per heavy atom. The van der Waals surface area contributed by atoms with Crippen molar-refractivity contribution in [2.75, 3.05) is 27.9 Å². The van der Waals surface area contributed by atoms with Gasteiger partial charge in [0.25, 0.3) is 0 Å². The van der Waals surface area contributed by atoms with Gasteiger partial charge in [-0.1, -0.05) is 13.3 Å². The van der Waals surface area contributed by atoms with Crippen LogP contribution < -0.4 is 14.2 Å². The molecule has 1 aromatic rings. The lowest BCUT2D eigenvalue weighted by atomic mass is 10.1. The van der Waals surface area contributed by atoms with Crippen LogP contribution in [0.25, 0.3) is 0 Å². The van der Waals surface area contributed by atoms with Crippen molar-refractivity contribution in [3.8, 4) is 17.2 Å². The first kappa shape index (κ1) is 19.4. The van der Waals surface area contributed by atoms with Gasteiger partial charge >= 0.3 is 12.1 Å². The van der Waals surface area contributed by atoms with Crippen LogP contribution in [-0.2, 0) is 19.6 Å². The summed E-state index contributed by atoms with van der Waals surface area (Å²) in [5.74, 6) is -0.318. The van der Waals surface area contributed by atoms with Gasteiger partial charge in [-0.2, -0.15) is 0 Å². The van der Waals surface area contributed by atoms with Gasteiger partial charge in [0.2, 0.25) is 5.75 Å². The SMILES string of the molecule is CCCCOC(=O)OOOC(=O)c1ccc(OC)c(OC)c1OC. The number of rotatable bonds is 9. The largest absolute Gasteiger partial charge is 0.543 e. The Hall–Kier alpha value is -2.68. The molecule has 0 atom stereocenters. The summed E-state index contributed by atoms with van der Waals surface area (Å²) in [6.07, 6.45) is 0.412. The van der Waals surface area contributed by atoms with Crippen LogP contribution in [0.1, 0.15) is 30.1 Å². The summed E-state index contributed by atoms with van der Waals surface area (Å²) in [6, 6.07) is 2.86. The van der Waals surface area contributed by atoms with E-state index in [4.69, 9.17) is 14.2 Å². The van der Waals surface area contributed by atoms with E-state index in [2.05, 4.69) is 19.6 Å². The molecule has 1 aromatic carbocycles. The van der Waals surface area contributed by atoms with E-state index in [-0.39, 0.29) is 23.7 Å². The van der Waals surface area contributed by atoms with E-state index in [0.717, 1.165) is 6.42 Å². The molecular formula is C15H20O9. The van der Waals surface area contributed by atoms with Gasteiger partial charge in [-0.25, -0.2) is 14.5 Å². The molecule has 0 amide bonds. The quantitative estimate of drug-likeness (QED) is 0.290. The first-order valence-electron chi connectivity index (χ1n) is 7.10. The third-order valence-corrected chi connectivity index (χ3v) is 2.85. The van der Waals surface area contributed by atoms with E-state index in [1.807, 2.05) is 6.92 Å². The molecule has 0 bridgehead atoms. The van der Waals surface area contributed by atoms with Crippen molar-refractivity contribution < 1.29 is 43.3 Å². The Kier molecular flexibility index (Phi) is 8.20. The molecule has 0 aliphatic carbocycles. The molecule has 0 heterocycles. The van der Waals surface area contributed by atoms with Crippen LogP contribution in [-0.4, -0.2) is 40.1 Å². The van der Waals surface area contributed by atoms with Crippen LogP contribution >= 0.6 is 0 Å². The first-order valence-corrected chi connectivity index (χ1v) is 7.10. The summed E-state index contributed by atoms with van der Waals surface area (Å²) < 4.78 is 20.0. The standard InChI is InChI=1S/C15H20O9/c1-5-6-9-21-15(17)23-24-22-14(16)10-7-8-11(18-2)13(20-4)12(10)19-3/h7-8H,5-6,9H2,1-4H3. The normalized spacial score (nSPS) is 9.83. The minimum Gasteiger partial charge on any atom is -0.493 e. The molecule has 0 N–H and O–H groups in total. The predicted molar refractivity (Wildman–Crippen MR) is 79.9 cm³/mol. The summed E-state index contributed by atoms with van der Waals surface area (Å²) in [7, 11) is 4.17. The third-order valence-electron chi connectivity index (χ3n) is 2.85. The van der Waals surface area contributed by atoms with Crippen LogP contribution in [0.2, 0.25) is 0 Å². The Balaban J connectivity index is 2.66. The van der Waals surface area contributed by atoms with E-state index in [0.29, 0.717) is 12.2 Å². The van der Waals surface area contributed by atoms with Gasteiger partial charge in [0.1, 0.15) is 5.56 Å². The first-order chi connectivity index (χ1) is 11.6. The van der Waals surface area contributed by atoms with Crippen molar-refractivity contribution in [2.24, 2.45) is 0 Å². The van der Waals surface area contributed by atoms with Crippen molar-refractivity contribution in [3.05, 3.63) is 17.7 Å². The van der Waals surface area contributed by atoms with Crippen LogP contribution in [0.15, 0.2) is 12.1 Å². The summed E-state index contributed by atoms with van der Waals surface area (Å²) in [5.41, 5.74) is -0.0156. The fraction of sp³-hybridized carbons (Fsp3) is 0.467. The summed E-state index contributed by atoms with van der Waals surface area (Å²) in [5, 5.41) is 4.12. The van der Waals surface area contributed by atoms with Crippen LogP contribution in [0.5, 0.6) is 17.2 Å². The molecule has 0 aliphatic heterocycles. The van der Waals surface area contributed by atoms with Crippen molar-refractivity contribution >= 4 is 12.1 Å². The van der Waals surface area contributed by atoms with Crippen LogP contribution in [0, 0.1) is 0 Å². The second-order valence-corrected chi connectivity index (χ2v) is 4.36. The Labute approximate surface area is 139 Å². The summed E-state index contributed by atoms with van der Waals surface area (Å²) in [6.45, 7) is 2.11. The highest BCUT2D eigenvalue weighted by atomic mass is 17.5. The minimum absolute atomic E-state index is 0.0156. The number of unbranched alkanes of at least 4 members (excludes halogenated alkanes) is 1. The number of hydrogen-bond donors (Lipinski definition) is 0. The number of benzene rings is 1. The second kappa shape index (κ2) is 10.2. The molecule has 0 saturated heterocycles. The molecule has 1 rings (SSSR count). The van der Waals surface area contributed by atoms with Gasteiger partial charge in [0, 0.05) is 0 Å². The fourth-order valence-corrected chi connectivity index (χ4v) is 1.71. The molecule has 9 nitrogen and oxygen atoms in total. The van der Waals surface area contributed by atoms with Crippen molar-refractivity contribution in [1.82, 2.24) is 0 Å². The topological polar surface area (TPSA) is 98.8 Å². The van der Waals surface area contributed by atoms with E-state index in [1.54, 1.807) is 0 Å². The van der Waals surface area contributed by atoms with E-state index in [1.165, 1.54) is 33.5 Å². The zero-order valence-electron chi connectivity index (χ0n) is 14.0. The number of carbonyl (C=O) groups is 2. The maximum atomic E-state index is 12.0. The van der Waals surface area contributed by atoms with Gasteiger partial charge in [-0.3, -0.25) is 4.89 Å². The number of hydrogen-bond acceptors (Lipinski definition) is 9. The van der Waals surface area contributed by atoms with Gasteiger partial charge < -0.3 is 18.9 Å². The molecule has 9 heteroatoms. The van der Waals surface area contributed by atoms with E-state index >= 15 is 0 Å². The average Bonchev–Trinajstić information content (AvgIpc) is 2.60.